The first-order valence-electron chi connectivity index (χ1n) is 7.16. The predicted octanol–water partition coefficient (Wildman–Crippen LogP) is 2.05. The molecule has 0 aromatic rings. The molecule has 0 bridgehead atoms. The van der Waals surface area contributed by atoms with Crippen LogP contribution in [0.25, 0.3) is 0 Å². The number of epoxide rings is 2. The highest BCUT2D eigenvalue weighted by Gasteiger charge is 2.46. The molecule has 2 saturated heterocycles. The molecule has 4 fully saturated rings. The molecule has 2 saturated carbocycles. The molecular weight excluding hydrogens is 232 g/mol. The second-order valence-electron chi connectivity index (χ2n) is 5.74. The van der Waals surface area contributed by atoms with Gasteiger partial charge in [0.1, 0.15) is 0 Å². The number of ether oxygens (including phenoxy) is 3. The number of hydrogen-bond acceptors (Lipinski definition) is 4. The number of carbonyl (C=O) groups excluding carboxylic acids is 1. The van der Waals surface area contributed by atoms with Crippen molar-refractivity contribution in [2.45, 2.75) is 69.4 Å². The lowest BCUT2D eigenvalue weighted by Gasteiger charge is -2.15. The maximum absolute atomic E-state index is 11.1. The molecule has 0 aromatic carbocycles. The van der Waals surface area contributed by atoms with E-state index in [2.05, 4.69) is 4.74 Å². The quantitative estimate of drug-likeness (QED) is 0.531. The van der Waals surface area contributed by atoms with Gasteiger partial charge in [-0.3, -0.25) is 4.79 Å². The van der Waals surface area contributed by atoms with Gasteiger partial charge in [-0.1, -0.05) is 12.8 Å². The summed E-state index contributed by atoms with van der Waals surface area (Å²) in [7, 11) is 1.45. The molecule has 0 N–H and O–H groups in total. The maximum atomic E-state index is 11.1. The lowest BCUT2D eigenvalue weighted by molar-refractivity contribution is -0.146. The van der Waals surface area contributed by atoms with Crippen molar-refractivity contribution in [3.8, 4) is 0 Å². The van der Waals surface area contributed by atoms with Gasteiger partial charge >= 0.3 is 5.97 Å². The Morgan fingerprint density at radius 1 is 0.944 bits per heavy atom. The molecule has 2 aliphatic heterocycles. The largest absolute Gasteiger partial charge is 0.469 e. The van der Waals surface area contributed by atoms with E-state index in [0.29, 0.717) is 24.4 Å². The van der Waals surface area contributed by atoms with Crippen LogP contribution < -0.4 is 0 Å². The smallest absolute Gasteiger partial charge is 0.308 e. The highest BCUT2D eigenvalue weighted by molar-refractivity contribution is 5.72. The van der Waals surface area contributed by atoms with Crippen molar-refractivity contribution in [3.63, 3.8) is 0 Å². The summed E-state index contributed by atoms with van der Waals surface area (Å²) in [6.07, 6.45) is 10.6. The van der Waals surface area contributed by atoms with E-state index >= 15 is 0 Å². The number of hydrogen-bond donors (Lipinski definition) is 0. The van der Waals surface area contributed by atoms with Crippen LogP contribution in [0.1, 0.15) is 44.9 Å². The Morgan fingerprint density at radius 2 is 1.56 bits per heavy atom. The number of methoxy groups -OCH3 is 1. The molecule has 18 heavy (non-hydrogen) atoms. The molecular formula is C14H22O4. The lowest BCUT2D eigenvalue weighted by Crippen LogP contribution is -2.22. The minimum absolute atomic E-state index is 0.0704. The van der Waals surface area contributed by atoms with E-state index in [1.165, 1.54) is 32.8 Å². The molecule has 2 heterocycles. The Labute approximate surface area is 108 Å². The molecule has 0 aromatic heterocycles. The molecule has 4 aliphatic rings. The number of esters is 1. The van der Waals surface area contributed by atoms with Crippen LogP contribution in [0.2, 0.25) is 0 Å². The van der Waals surface area contributed by atoms with Crippen LogP contribution in [0.5, 0.6) is 0 Å². The van der Waals surface area contributed by atoms with Crippen LogP contribution in [0.15, 0.2) is 0 Å². The van der Waals surface area contributed by atoms with E-state index in [1.54, 1.807) is 0 Å². The first-order valence-corrected chi connectivity index (χ1v) is 7.16. The van der Waals surface area contributed by atoms with Crippen molar-refractivity contribution in [2.75, 3.05) is 7.11 Å². The zero-order valence-electron chi connectivity index (χ0n) is 11.0. The Kier molecular flexibility index (Phi) is 3.57. The van der Waals surface area contributed by atoms with E-state index in [4.69, 9.17) is 9.47 Å². The third kappa shape index (κ3) is 2.86. The summed E-state index contributed by atoms with van der Waals surface area (Å²) in [6.45, 7) is 0. The third-order valence-corrected chi connectivity index (χ3v) is 4.45. The topological polar surface area (TPSA) is 51.4 Å². The number of fused-ring (bicyclic) bond motifs is 2. The average molecular weight is 254 g/mol. The van der Waals surface area contributed by atoms with Gasteiger partial charge in [-0.25, -0.2) is 0 Å². The molecule has 4 nitrogen and oxygen atoms in total. The van der Waals surface area contributed by atoms with E-state index in [0.717, 1.165) is 19.3 Å². The van der Waals surface area contributed by atoms with Gasteiger partial charge in [0.05, 0.1) is 37.4 Å². The first kappa shape index (κ1) is 12.4. The summed E-state index contributed by atoms with van der Waals surface area (Å²) < 4.78 is 15.2. The molecule has 102 valence electrons. The van der Waals surface area contributed by atoms with Crippen molar-refractivity contribution in [1.82, 2.24) is 0 Å². The third-order valence-electron chi connectivity index (χ3n) is 4.45. The lowest BCUT2D eigenvalue weighted by atomic mass is 9.89. The van der Waals surface area contributed by atoms with E-state index < -0.39 is 0 Å². The van der Waals surface area contributed by atoms with Crippen molar-refractivity contribution in [1.29, 1.82) is 0 Å². The van der Waals surface area contributed by atoms with Gasteiger partial charge in [-0.15, -0.1) is 0 Å². The van der Waals surface area contributed by atoms with Crippen LogP contribution in [0.4, 0.5) is 0 Å². The van der Waals surface area contributed by atoms with Crippen molar-refractivity contribution in [2.24, 2.45) is 5.92 Å². The second kappa shape index (κ2) is 5.17. The summed E-state index contributed by atoms with van der Waals surface area (Å²) in [5.41, 5.74) is 0. The predicted molar refractivity (Wildman–Crippen MR) is 65.1 cm³/mol. The van der Waals surface area contributed by atoms with E-state index in [-0.39, 0.29) is 11.9 Å². The van der Waals surface area contributed by atoms with Crippen molar-refractivity contribution in [3.05, 3.63) is 0 Å². The summed E-state index contributed by atoms with van der Waals surface area (Å²) >= 11 is 0. The van der Waals surface area contributed by atoms with Gasteiger partial charge in [-0.05, 0) is 32.1 Å². The summed E-state index contributed by atoms with van der Waals surface area (Å²) in [5.74, 6) is 0.0303. The normalized spacial score (nSPS) is 43.7. The summed E-state index contributed by atoms with van der Waals surface area (Å²) in [4.78, 5) is 11.1. The van der Waals surface area contributed by atoms with Crippen LogP contribution >= 0.6 is 0 Å². The molecule has 0 amide bonds. The first-order chi connectivity index (χ1) is 8.78. The molecule has 4 rings (SSSR count). The molecule has 0 radical (unpaired) electrons. The highest BCUT2D eigenvalue weighted by Crippen LogP contribution is 2.39. The van der Waals surface area contributed by atoms with E-state index in [9.17, 15) is 4.79 Å². The Hall–Kier alpha value is -0.610. The Morgan fingerprint density at radius 3 is 2.11 bits per heavy atom. The summed E-state index contributed by atoms with van der Waals surface area (Å²) in [5, 5.41) is 0. The van der Waals surface area contributed by atoms with Gasteiger partial charge in [0, 0.05) is 0 Å². The fourth-order valence-electron chi connectivity index (χ4n) is 3.16. The summed E-state index contributed by atoms with van der Waals surface area (Å²) in [6, 6.07) is 0. The average Bonchev–Trinajstić information content (AvgIpc) is 3.29. The van der Waals surface area contributed by atoms with Crippen LogP contribution in [-0.4, -0.2) is 37.5 Å². The minimum atomic E-state index is -0.0704. The fraction of sp³-hybridized carbons (Fsp3) is 0.929. The maximum Gasteiger partial charge on any atom is 0.308 e. The van der Waals surface area contributed by atoms with Gasteiger partial charge in [0.15, 0.2) is 0 Å². The molecule has 2 aliphatic carbocycles. The van der Waals surface area contributed by atoms with Gasteiger partial charge < -0.3 is 14.2 Å². The van der Waals surface area contributed by atoms with E-state index in [1.807, 2.05) is 0 Å². The number of carbonyl (C=O) groups is 1. The highest BCUT2D eigenvalue weighted by atomic mass is 16.6. The molecule has 0 spiro atoms. The Bertz CT molecular complexity index is 307. The van der Waals surface area contributed by atoms with Crippen LogP contribution in [0, 0.1) is 5.92 Å². The van der Waals surface area contributed by atoms with Gasteiger partial charge in [0.25, 0.3) is 0 Å². The minimum Gasteiger partial charge on any atom is -0.469 e. The standard InChI is InChI=1S/C8H12O3.C6H10O/c1-10-8(9)5-2-3-6-7(4-5)11-6;1-2-4-6-5(3-1)7-6/h5-7H,2-4H2,1H3;5-6H,1-4H2. The molecule has 5 unspecified atom stereocenters. The zero-order chi connectivity index (χ0) is 12.5. The van der Waals surface area contributed by atoms with Gasteiger partial charge in [0.2, 0.25) is 0 Å². The Balaban J connectivity index is 0.000000122. The molecule has 5 atom stereocenters. The number of rotatable bonds is 1. The van der Waals surface area contributed by atoms with Crippen LogP contribution in [-0.2, 0) is 19.0 Å². The zero-order valence-corrected chi connectivity index (χ0v) is 11.0. The van der Waals surface area contributed by atoms with Crippen molar-refractivity contribution < 1.29 is 19.0 Å². The second-order valence-corrected chi connectivity index (χ2v) is 5.74. The SMILES string of the molecule is C1CCC2OC2C1.COC(=O)C1CCC2OC2C1. The van der Waals surface area contributed by atoms with Gasteiger partial charge in [-0.2, -0.15) is 0 Å². The van der Waals surface area contributed by atoms with Crippen LogP contribution in [0.3, 0.4) is 0 Å². The molecule has 4 heteroatoms. The van der Waals surface area contributed by atoms with Crippen molar-refractivity contribution >= 4 is 5.97 Å². The monoisotopic (exact) mass is 254 g/mol. The fourth-order valence-corrected chi connectivity index (χ4v) is 3.16.